The molecule has 1 aromatic carbocycles. The molecule has 11 heteroatoms. The Balaban J connectivity index is 1.68. The van der Waals surface area contributed by atoms with Gasteiger partial charge in [-0.15, -0.1) is 0 Å². The first-order chi connectivity index (χ1) is 12.4. The predicted molar refractivity (Wildman–Crippen MR) is 88.9 cm³/mol. The molecule has 0 saturated carbocycles. The second-order valence-electron chi connectivity index (χ2n) is 5.69. The van der Waals surface area contributed by atoms with E-state index in [4.69, 9.17) is 0 Å². The fourth-order valence-corrected chi connectivity index (χ4v) is 4.03. The van der Waals surface area contributed by atoms with E-state index in [2.05, 4.69) is 15.3 Å². The zero-order valence-corrected chi connectivity index (χ0v) is 14.5. The first-order valence-corrected chi connectivity index (χ1v) is 9.32. The Morgan fingerprint density at radius 2 is 1.88 bits per heavy atom. The molecule has 1 aliphatic heterocycles. The van der Waals surface area contributed by atoms with Crippen molar-refractivity contribution in [3.8, 4) is 0 Å². The summed E-state index contributed by atoms with van der Waals surface area (Å²) < 4.78 is 53.6. The van der Waals surface area contributed by atoms with Crippen LogP contribution in [0.5, 0.6) is 0 Å². The van der Waals surface area contributed by atoms with Gasteiger partial charge in [0.1, 0.15) is 17.3 Å². The SMILES string of the molecule is O=C(Nc1c(F)cccc1F)N1CCCN(S(=O)(=O)c2cnc[nH]2)CC1. The summed E-state index contributed by atoms with van der Waals surface area (Å²) in [7, 11) is -3.73. The van der Waals surface area contributed by atoms with Crippen LogP contribution < -0.4 is 5.32 Å². The fourth-order valence-electron chi connectivity index (χ4n) is 2.66. The second-order valence-corrected chi connectivity index (χ2v) is 7.59. The molecule has 140 valence electrons. The highest BCUT2D eigenvalue weighted by molar-refractivity contribution is 7.89. The predicted octanol–water partition coefficient (Wildman–Crippen LogP) is 1.62. The summed E-state index contributed by atoms with van der Waals surface area (Å²) in [5.41, 5.74) is -0.524. The van der Waals surface area contributed by atoms with Gasteiger partial charge in [0.05, 0.1) is 12.5 Å². The average Bonchev–Trinajstić information content (AvgIpc) is 3.03. The van der Waals surface area contributed by atoms with Crippen molar-refractivity contribution in [2.45, 2.75) is 11.4 Å². The molecular formula is C15H17F2N5O3S. The number of imidazole rings is 1. The molecule has 2 heterocycles. The number of aromatic amines is 1. The number of aromatic nitrogens is 2. The molecular weight excluding hydrogens is 368 g/mol. The Kier molecular flexibility index (Phi) is 5.18. The lowest BCUT2D eigenvalue weighted by molar-refractivity contribution is 0.214. The number of para-hydroxylation sites is 1. The number of benzene rings is 1. The number of hydrogen-bond donors (Lipinski definition) is 2. The van der Waals surface area contributed by atoms with Gasteiger partial charge >= 0.3 is 6.03 Å². The van der Waals surface area contributed by atoms with Crippen LogP contribution in [0.4, 0.5) is 19.3 Å². The Morgan fingerprint density at radius 1 is 1.15 bits per heavy atom. The van der Waals surface area contributed by atoms with E-state index in [-0.39, 0.29) is 31.2 Å². The van der Waals surface area contributed by atoms with Gasteiger partial charge < -0.3 is 15.2 Å². The quantitative estimate of drug-likeness (QED) is 0.839. The molecule has 1 aromatic heterocycles. The van der Waals surface area contributed by atoms with Crippen molar-refractivity contribution < 1.29 is 22.0 Å². The highest BCUT2D eigenvalue weighted by atomic mass is 32.2. The number of sulfonamides is 1. The first kappa shape index (κ1) is 18.3. The summed E-state index contributed by atoms with van der Waals surface area (Å²) >= 11 is 0. The van der Waals surface area contributed by atoms with Crippen LogP contribution in [-0.4, -0.2) is 59.8 Å². The fraction of sp³-hybridized carbons (Fsp3) is 0.333. The number of carbonyl (C=O) groups excluding carboxylic acids is 1. The Hall–Kier alpha value is -2.53. The van der Waals surface area contributed by atoms with E-state index in [1.54, 1.807) is 0 Å². The topological polar surface area (TPSA) is 98.4 Å². The molecule has 0 unspecified atom stereocenters. The van der Waals surface area contributed by atoms with Crippen LogP contribution in [0.3, 0.4) is 0 Å². The zero-order chi connectivity index (χ0) is 18.7. The van der Waals surface area contributed by atoms with Crippen LogP contribution in [-0.2, 0) is 10.0 Å². The van der Waals surface area contributed by atoms with Crippen molar-refractivity contribution in [1.82, 2.24) is 19.2 Å². The summed E-state index contributed by atoms with van der Waals surface area (Å²) in [6, 6.07) is 2.60. The van der Waals surface area contributed by atoms with Crippen LogP contribution in [0.25, 0.3) is 0 Å². The van der Waals surface area contributed by atoms with Gasteiger partial charge in [0.15, 0.2) is 5.03 Å². The number of carbonyl (C=O) groups is 1. The summed E-state index contributed by atoms with van der Waals surface area (Å²) in [4.78, 5) is 19.9. The summed E-state index contributed by atoms with van der Waals surface area (Å²) in [6.07, 6.45) is 2.87. The number of nitrogens with zero attached hydrogens (tertiary/aromatic N) is 3. The van der Waals surface area contributed by atoms with E-state index in [1.807, 2.05) is 0 Å². The van der Waals surface area contributed by atoms with Crippen molar-refractivity contribution in [1.29, 1.82) is 0 Å². The Labute approximate surface area is 148 Å². The molecule has 0 radical (unpaired) electrons. The molecule has 3 rings (SSSR count). The lowest BCUT2D eigenvalue weighted by Gasteiger charge is -2.22. The molecule has 8 nitrogen and oxygen atoms in total. The number of nitrogens with one attached hydrogen (secondary N) is 2. The van der Waals surface area contributed by atoms with Gasteiger partial charge in [-0.3, -0.25) is 0 Å². The minimum Gasteiger partial charge on any atom is -0.335 e. The number of hydrogen-bond acceptors (Lipinski definition) is 4. The molecule has 1 saturated heterocycles. The number of anilines is 1. The molecule has 0 spiro atoms. The summed E-state index contributed by atoms with van der Waals surface area (Å²) in [5.74, 6) is -1.76. The monoisotopic (exact) mass is 385 g/mol. The van der Waals surface area contributed by atoms with E-state index < -0.39 is 33.4 Å². The molecule has 2 aromatic rings. The normalized spacial score (nSPS) is 16.3. The van der Waals surface area contributed by atoms with Crippen LogP contribution in [0.1, 0.15) is 6.42 Å². The zero-order valence-electron chi connectivity index (χ0n) is 13.7. The van der Waals surface area contributed by atoms with E-state index in [0.717, 1.165) is 12.1 Å². The highest BCUT2D eigenvalue weighted by Gasteiger charge is 2.29. The Morgan fingerprint density at radius 3 is 2.54 bits per heavy atom. The number of H-pyrrole nitrogens is 1. The van der Waals surface area contributed by atoms with Crippen LogP contribution in [0.2, 0.25) is 0 Å². The number of amides is 2. The van der Waals surface area contributed by atoms with Crippen LogP contribution >= 0.6 is 0 Å². The number of rotatable bonds is 3. The van der Waals surface area contributed by atoms with Crippen molar-refractivity contribution in [3.05, 3.63) is 42.4 Å². The van der Waals surface area contributed by atoms with Gasteiger partial charge in [-0.1, -0.05) is 6.07 Å². The van der Waals surface area contributed by atoms with Gasteiger partial charge in [-0.05, 0) is 18.6 Å². The third-order valence-electron chi connectivity index (χ3n) is 4.03. The molecule has 0 aliphatic carbocycles. The third kappa shape index (κ3) is 3.68. The second kappa shape index (κ2) is 7.38. The van der Waals surface area contributed by atoms with Crippen LogP contribution in [0.15, 0.2) is 35.7 Å². The Bertz CT molecular complexity index is 868. The molecule has 0 bridgehead atoms. The van der Waals surface area contributed by atoms with Crippen molar-refractivity contribution in [2.75, 3.05) is 31.5 Å². The molecule has 1 aliphatic rings. The maximum atomic E-state index is 13.7. The lowest BCUT2D eigenvalue weighted by Crippen LogP contribution is -2.39. The largest absolute Gasteiger partial charge is 0.335 e. The van der Waals surface area contributed by atoms with Gasteiger partial charge in [-0.2, -0.15) is 4.31 Å². The van der Waals surface area contributed by atoms with Crippen molar-refractivity contribution >= 4 is 21.7 Å². The third-order valence-corrected chi connectivity index (χ3v) is 5.85. The van der Waals surface area contributed by atoms with Gasteiger partial charge in [0.2, 0.25) is 0 Å². The lowest BCUT2D eigenvalue weighted by atomic mass is 10.3. The first-order valence-electron chi connectivity index (χ1n) is 7.88. The van der Waals surface area contributed by atoms with Gasteiger partial charge in [0, 0.05) is 26.2 Å². The van der Waals surface area contributed by atoms with E-state index in [1.165, 1.54) is 27.8 Å². The highest BCUT2D eigenvalue weighted by Crippen LogP contribution is 2.20. The maximum absolute atomic E-state index is 13.7. The molecule has 2 N–H and O–H groups in total. The maximum Gasteiger partial charge on any atom is 0.322 e. The molecule has 2 amide bonds. The van der Waals surface area contributed by atoms with Crippen molar-refractivity contribution in [2.24, 2.45) is 0 Å². The van der Waals surface area contributed by atoms with E-state index >= 15 is 0 Å². The van der Waals surface area contributed by atoms with Gasteiger partial charge in [-0.25, -0.2) is 27.0 Å². The summed E-state index contributed by atoms with van der Waals surface area (Å²) in [6.45, 7) is 0.639. The molecule has 1 fully saturated rings. The minimum atomic E-state index is -3.73. The molecule has 26 heavy (non-hydrogen) atoms. The van der Waals surface area contributed by atoms with E-state index in [9.17, 15) is 22.0 Å². The number of halogens is 2. The standard InChI is InChI=1S/C15H17F2N5O3S/c16-11-3-1-4-12(17)14(11)20-15(23)21-5-2-6-22(8-7-21)26(24,25)13-9-18-10-19-13/h1,3-4,9-10H,2,5-8H2,(H,18,19)(H,20,23). The molecule has 0 atom stereocenters. The van der Waals surface area contributed by atoms with Gasteiger partial charge in [0.25, 0.3) is 10.0 Å². The number of urea groups is 1. The van der Waals surface area contributed by atoms with Crippen LogP contribution in [0, 0.1) is 11.6 Å². The smallest absolute Gasteiger partial charge is 0.322 e. The summed E-state index contributed by atoms with van der Waals surface area (Å²) in [5, 5.41) is 2.19. The van der Waals surface area contributed by atoms with E-state index in [0.29, 0.717) is 6.42 Å². The minimum absolute atomic E-state index is 0.0242. The van der Waals surface area contributed by atoms with Crippen molar-refractivity contribution in [3.63, 3.8) is 0 Å². The average molecular weight is 385 g/mol.